The van der Waals surface area contributed by atoms with Gasteiger partial charge in [0.25, 0.3) is 5.91 Å². The molecule has 1 aromatic heterocycles. The smallest absolute Gasteiger partial charge is 0.337 e. The summed E-state index contributed by atoms with van der Waals surface area (Å²) in [6.07, 6.45) is -0.227. The predicted molar refractivity (Wildman–Crippen MR) is 131 cm³/mol. The second-order valence-corrected chi connectivity index (χ2v) is 8.73. The monoisotopic (exact) mass is 493 g/mol. The van der Waals surface area contributed by atoms with Gasteiger partial charge in [0.1, 0.15) is 11.8 Å². The lowest BCUT2D eigenvalue weighted by Gasteiger charge is -2.21. The van der Waals surface area contributed by atoms with Crippen molar-refractivity contribution in [1.82, 2.24) is 4.90 Å². The van der Waals surface area contributed by atoms with E-state index in [1.807, 2.05) is 17.5 Å². The van der Waals surface area contributed by atoms with Crippen LogP contribution in [-0.4, -0.2) is 49.0 Å². The molecule has 0 bridgehead atoms. The van der Waals surface area contributed by atoms with Crippen molar-refractivity contribution in [1.29, 1.82) is 0 Å². The Balaban J connectivity index is 1.55. The van der Waals surface area contributed by atoms with Crippen LogP contribution < -0.4 is 15.0 Å². The lowest BCUT2D eigenvalue weighted by Crippen LogP contribution is -2.37. The highest BCUT2D eigenvalue weighted by molar-refractivity contribution is 7.09. The zero-order valence-electron chi connectivity index (χ0n) is 19.1. The fraction of sp³-hybridized carbons (Fsp3) is 0.200. The third-order valence-electron chi connectivity index (χ3n) is 5.50. The number of methoxy groups -OCH3 is 2. The van der Waals surface area contributed by atoms with Crippen molar-refractivity contribution >= 4 is 46.5 Å². The summed E-state index contributed by atoms with van der Waals surface area (Å²) >= 11 is 1.46. The normalized spacial score (nSPS) is 15.3. The summed E-state index contributed by atoms with van der Waals surface area (Å²) in [5.41, 5.74) is 1.17. The minimum Gasteiger partial charge on any atom is -0.497 e. The van der Waals surface area contributed by atoms with Crippen LogP contribution in [0.3, 0.4) is 0 Å². The standard InChI is InChI=1S/C25H23N3O6S/c1-33-19-6-3-5-18(13-19)28-23(30)21(27(25(28)32)15-20-7-4-12-35-20)14-22(29)26-17-10-8-16(9-11-17)24(31)34-2/h3-13,21H,14-15H2,1-2H3,(H,26,29)/t21-/m1/s1. The summed E-state index contributed by atoms with van der Waals surface area (Å²) in [5, 5.41) is 4.61. The number of imide groups is 1. The third-order valence-corrected chi connectivity index (χ3v) is 6.37. The molecule has 10 heteroatoms. The number of urea groups is 1. The van der Waals surface area contributed by atoms with Gasteiger partial charge >= 0.3 is 12.0 Å². The molecule has 180 valence electrons. The van der Waals surface area contributed by atoms with Gasteiger partial charge in [-0.05, 0) is 47.8 Å². The molecule has 4 rings (SSSR count). The second-order valence-electron chi connectivity index (χ2n) is 7.70. The largest absolute Gasteiger partial charge is 0.497 e. The number of nitrogens with zero attached hydrogens (tertiary/aromatic N) is 2. The van der Waals surface area contributed by atoms with Crippen LogP contribution in [0, 0.1) is 0 Å². The van der Waals surface area contributed by atoms with Gasteiger partial charge in [0.2, 0.25) is 5.91 Å². The molecule has 1 N–H and O–H groups in total. The van der Waals surface area contributed by atoms with Crippen molar-refractivity contribution in [2.75, 3.05) is 24.4 Å². The average molecular weight is 494 g/mol. The van der Waals surface area contributed by atoms with Crippen LogP contribution in [0.5, 0.6) is 5.75 Å². The fourth-order valence-corrected chi connectivity index (χ4v) is 4.47. The zero-order valence-corrected chi connectivity index (χ0v) is 19.9. The summed E-state index contributed by atoms with van der Waals surface area (Å²) in [6, 6.07) is 15.1. The van der Waals surface area contributed by atoms with Gasteiger partial charge in [0.05, 0.1) is 38.4 Å². The van der Waals surface area contributed by atoms with Crippen molar-refractivity contribution in [2.45, 2.75) is 19.0 Å². The fourth-order valence-electron chi connectivity index (χ4n) is 3.77. The maximum absolute atomic E-state index is 13.4. The maximum atomic E-state index is 13.4. The Morgan fingerprint density at radius 1 is 1.03 bits per heavy atom. The van der Waals surface area contributed by atoms with Crippen LogP contribution in [0.4, 0.5) is 16.2 Å². The number of esters is 1. The first-order valence-corrected chi connectivity index (χ1v) is 11.6. The van der Waals surface area contributed by atoms with Crippen molar-refractivity contribution in [2.24, 2.45) is 0 Å². The van der Waals surface area contributed by atoms with E-state index in [1.54, 1.807) is 36.4 Å². The molecule has 2 aromatic carbocycles. The number of nitrogens with one attached hydrogen (secondary N) is 1. The molecule has 3 aromatic rings. The van der Waals surface area contributed by atoms with E-state index in [1.165, 1.54) is 42.6 Å². The van der Waals surface area contributed by atoms with E-state index in [2.05, 4.69) is 10.1 Å². The number of carbonyl (C=O) groups excluding carboxylic acids is 4. The minimum absolute atomic E-state index is 0.203. The lowest BCUT2D eigenvalue weighted by atomic mass is 10.1. The van der Waals surface area contributed by atoms with Gasteiger partial charge in [0.15, 0.2) is 0 Å². The Labute approximate surface area is 205 Å². The van der Waals surface area contributed by atoms with Gasteiger partial charge in [-0.15, -0.1) is 11.3 Å². The van der Waals surface area contributed by atoms with Crippen LogP contribution >= 0.6 is 11.3 Å². The molecule has 2 heterocycles. The van der Waals surface area contributed by atoms with Crippen molar-refractivity contribution in [3.63, 3.8) is 0 Å². The molecule has 0 spiro atoms. The summed E-state index contributed by atoms with van der Waals surface area (Å²) in [4.78, 5) is 54.6. The highest BCUT2D eigenvalue weighted by atomic mass is 32.1. The molecule has 9 nitrogen and oxygen atoms in total. The highest BCUT2D eigenvalue weighted by Gasteiger charge is 2.46. The molecule has 1 saturated heterocycles. The van der Waals surface area contributed by atoms with Gasteiger partial charge in [-0.1, -0.05) is 12.1 Å². The van der Waals surface area contributed by atoms with Crippen molar-refractivity contribution < 1.29 is 28.7 Å². The summed E-state index contributed by atoms with van der Waals surface area (Å²) in [7, 11) is 2.79. The lowest BCUT2D eigenvalue weighted by molar-refractivity contribution is -0.124. The molecule has 0 radical (unpaired) electrons. The Hall–Kier alpha value is -4.18. The van der Waals surface area contributed by atoms with Crippen LogP contribution in [0.25, 0.3) is 0 Å². The van der Waals surface area contributed by atoms with E-state index in [9.17, 15) is 19.2 Å². The average Bonchev–Trinajstić information content (AvgIpc) is 3.46. The SMILES string of the molecule is COC(=O)c1ccc(NC(=O)C[C@@H]2C(=O)N(c3cccc(OC)c3)C(=O)N2Cc2cccs2)cc1. The molecular weight excluding hydrogens is 470 g/mol. The number of rotatable bonds is 8. The number of hydrogen-bond donors (Lipinski definition) is 1. The van der Waals surface area contributed by atoms with Gasteiger partial charge < -0.3 is 19.7 Å². The number of benzene rings is 2. The van der Waals surface area contributed by atoms with Crippen LogP contribution in [0.2, 0.25) is 0 Å². The Morgan fingerprint density at radius 2 is 1.80 bits per heavy atom. The number of amides is 4. The van der Waals surface area contributed by atoms with E-state index in [4.69, 9.17) is 4.74 Å². The van der Waals surface area contributed by atoms with Crippen LogP contribution in [0.15, 0.2) is 66.0 Å². The molecule has 1 atom stereocenters. The predicted octanol–water partition coefficient (Wildman–Crippen LogP) is 3.91. The molecule has 1 aliphatic heterocycles. The number of anilines is 2. The van der Waals surface area contributed by atoms with Crippen molar-refractivity contribution in [3.8, 4) is 5.75 Å². The second kappa shape index (κ2) is 10.4. The molecule has 0 unspecified atom stereocenters. The number of thiophene rings is 1. The molecule has 0 saturated carbocycles. The van der Waals surface area contributed by atoms with Gasteiger partial charge in [0, 0.05) is 16.6 Å². The number of ether oxygens (including phenoxy) is 2. The Bertz CT molecular complexity index is 1240. The molecule has 0 aliphatic carbocycles. The summed E-state index contributed by atoms with van der Waals surface area (Å²) < 4.78 is 9.90. The molecule has 1 fully saturated rings. The summed E-state index contributed by atoms with van der Waals surface area (Å²) in [5.74, 6) is -0.911. The molecule has 35 heavy (non-hydrogen) atoms. The Kier molecular flexibility index (Phi) is 7.11. The van der Waals surface area contributed by atoms with E-state index >= 15 is 0 Å². The highest BCUT2D eigenvalue weighted by Crippen LogP contribution is 2.31. The first kappa shape index (κ1) is 24.0. The molecule has 4 amide bonds. The quantitative estimate of drug-likeness (QED) is 0.377. The topological polar surface area (TPSA) is 105 Å². The Morgan fingerprint density at radius 3 is 2.46 bits per heavy atom. The molecular formula is C25H23N3O6S. The number of carbonyl (C=O) groups is 4. The molecule has 1 aliphatic rings. The zero-order chi connectivity index (χ0) is 24.9. The van der Waals surface area contributed by atoms with E-state index in [-0.39, 0.29) is 13.0 Å². The minimum atomic E-state index is -0.981. The number of hydrogen-bond acceptors (Lipinski definition) is 7. The first-order chi connectivity index (χ1) is 16.9. The van der Waals surface area contributed by atoms with Gasteiger partial charge in [-0.3, -0.25) is 9.59 Å². The third kappa shape index (κ3) is 5.17. The maximum Gasteiger partial charge on any atom is 0.337 e. The van der Waals surface area contributed by atoms with Crippen LogP contribution in [0.1, 0.15) is 21.7 Å². The van der Waals surface area contributed by atoms with Gasteiger partial charge in [-0.2, -0.15) is 0 Å². The van der Waals surface area contributed by atoms with Crippen molar-refractivity contribution in [3.05, 3.63) is 76.5 Å². The van der Waals surface area contributed by atoms with E-state index in [0.717, 1.165) is 9.78 Å². The first-order valence-electron chi connectivity index (χ1n) is 10.7. The van der Waals surface area contributed by atoms with E-state index in [0.29, 0.717) is 22.7 Å². The summed E-state index contributed by atoms with van der Waals surface area (Å²) in [6.45, 7) is 0.203. The van der Waals surface area contributed by atoms with E-state index < -0.39 is 29.9 Å². The van der Waals surface area contributed by atoms with Crippen LogP contribution in [-0.2, 0) is 20.9 Å². The van der Waals surface area contributed by atoms with Gasteiger partial charge in [-0.25, -0.2) is 14.5 Å².